The number of hydrogen-bond donors (Lipinski definition) is 1. The van der Waals surface area contributed by atoms with Crippen LogP contribution in [0, 0.1) is 6.92 Å². The van der Waals surface area contributed by atoms with E-state index >= 15 is 0 Å². The molecule has 4 nitrogen and oxygen atoms in total. The van der Waals surface area contributed by atoms with E-state index in [4.69, 9.17) is 11.6 Å². The summed E-state index contributed by atoms with van der Waals surface area (Å²) in [4.78, 5) is 20.0. The molecule has 1 heterocycles. The van der Waals surface area contributed by atoms with E-state index in [1.165, 1.54) is 6.07 Å². The maximum Gasteiger partial charge on any atom is 0.354 e. The summed E-state index contributed by atoms with van der Waals surface area (Å²) >= 11 is 5.90. The van der Waals surface area contributed by atoms with Crippen LogP contribution in [0.25, 0.3) is 22.6 Å². The molecule has 0 unspecified atom stereocenters. The van der Waals surface area contributed by atoms with E-state index in [1.807, 2.05) is 31.2 Å². The van der Waals surface area contributed by atoms with Crippen LogP contribution in [0.1, 0.15) is 16.1 Å². The minimum Gasteiger partial charge on any atom is -0.477 e. The zero-order chi connectivity index (χ0) is 16.4. The van der Waals surface area contributed by atoms with Crippen LogP contribution >= 0.6 is 11.6 Å². The van der Waals surface area contributed by atoms with Crippen molar-refractivity contribution in [3.05, 3.63) is 70.9 Å². The lowest BCUT2D eigenvalue weighted by Crippen LogP contribution is -2.04. The molecule has 0 spiro atoms. The molecule has 2 aromatic carbocycles. The fraction of sp³-hybridized carbons (Fsp3) is 0.0556. The van der Waals surface area contributed by atoms with E-state index in [9.17, 15) is 9.90 Å². The van der Waals surface area contributed by atoms with E-state index in [0.29, 0.717) is 16.5 Å². The van der Waals surface area contributed by atoms with Crippen molar-refractivity contribution in [2.45, 2.75) is 6.92 Å². The Morgan fingerprint density at radius 2 is 1.74 bits per heavy atom. The summed E-state index contributed by atoms with van der Waals surface area (Å²) < 4.78 is 0. The summed E-state index contributed by atoms with van der Waals surface area (Å²) in [5.74, 6) is -0.699. The lowest BCUT2D eigenvalue weighted by atomic mass is 10.1. The van der Waals surface area contributed by atoms with Gasteiger partial charge in [-0.2, -0.15) is 0 Å². The molecule has 0 aliphatic carbocycles. The fourth-order valence-corrected chi connectivity index (χ4v) is 2.36. The molecule has 23 heavy (non-hydrogen) atoms. The van der Waals surface area contributed by atoms with Crippen molar-refractivity contribution in [3.63, 3.8) is 0 Å². The quantitative estimate of drug-likeness (QED) is 0.772. The van der Waals surface area contributed by atoms with Gasteiger partial charge >= 0.3 is 5.97 Å². The topological polar surface area (TPSA) is 63.1 Å². The molecule has 0 aliphatic rings. The van der Waals surface area contributed by atoms with Gasteiger partial charge in [0.25, 0.3) is 0 Å². The molecule has 0 bridgehead atoms. The van der Waals surface area contributed by atoms with Crippen molar-refractivity contribution in [1.29, 1.82) is 0 Å². The van der Waals surface area contributed by atoms with Crippen LogP contribution in [0.15, 0.2) is 54.6 Å². The van der Waals surface area contributed by atoms with Crippen LogP contribution in [0.2, 0.25) is 5.02 Å². The largest absolute Gasteiger partial charge is 0.477 e. The predicted octanol–water partition coefficient (Wildman–Crippen LogP) is 4.47. The van der Waals surface area contributed by atoms with Crippen LogP contribution in [-0.4, -0.2) is 21.0 Å². The van der Waals surface area contributed by atoms with Gasteiger partial charge in [0.2, 0.25) is 0 Å². The summed E-state index contributed by atoms with van der Waals surface area (Å²) in [6.45, 7) is 1.96. The second kappa shape index (κ2) is 6.18. The summed E-state index contributed by atoms with van der Waals surface area (Å²) in [5, 5.41) is 9.93. The zero-order valence-corrected chi connectivity index (χ0v) is 13.1. The Kier molecular flexibility index (Phi) is 4.08. The first-order chi connectivity index (χ1) is 11.0. The highest BCUT2D eigenvalue weighted by molar-refractivity contribution is 6.30. The third-order valence-electron chi connectivity index (χ3n) is 3.36. The van der Waals surface area contributed by atoms with Gasteiger partial charge in [-0.15, -0.1) is 0 Å². The molecule has 3 aromatic rings. The highest BCUT2D eigenvalue weighted by Gasteiger charge is 2.13. The zero-order valence-electron chi connectivity index (χ0n) is 12.3. The minimum absolute atomic E-state index is 0.0403. The maximum absolute atomic E-state index is 11.4. The molecular weight excluding hydrogens is 312 g/mol. The number of aryl methyl sites for hydroxylation is 1. The molecular formula is C18H13ClN2O2. The number of carboxylic acid groups (broad SMARTS) is 1. The van der Waals surface area contributed by atoms with Crippen LogP contribution < -0.4 is 0 Å². The molecule has 0 atom stereocenters. The molecule has 1 N–H and O–H groups in total. The monoisotopic (exact) mass is 324 g/mol. The van der Waals surface area contributed by atoms with Crippen molar-refractivity contribution in [2.75, 3.05) is 0 Å². The molecule has 3 rings (SSSR count). The van der Waals surface area contributed by atoms with Gasteiger partial charge in [0.05, 0.1) is 5.69 Å². The summed E-state index contributed by atoms with van der Waals surface area (Å²) in [6, 6.07) is 16.2. The highest BCUT2D eigenvalue weighted by Crippen LogP contribution is 2.24. The fourth-order valence-electron chi connectivity index (χ4n) is 2.24. The first-order valence-electron chi connectivity index (χ1n) is 6.98. The van der Waals surface area contributed by atoms with Gasteiger partial charge in [-0.3, -0.25) is 0 Å². The molecule has 114 valence electrons. The second-order valence-electron chi connectivity index (χ2n) is 5.14. The van der Waals surface area contributed by atoms with Gasteiger partial charge in [-0.1, -0.05) is 47.5 Å². The van der Waals surface area contributed by atoms with Crippen molar-refractivity contribution in [1.82, 2.24) is 9.97 Å². The molecule has 1 aromatic heterocycles. The standard InChI is InChI=1S/C18H13ClN2O2/c1-11-3-2-4-13(9-11)17-20-15(10-16(21-17)18(22)23)12-5-7-14(19)8-6-12/h2-10H,1H3,(H,22,23). The van der Waals surface area contributed by atoms with Crippen LogP contribution in [0.5, 0.6) is 0 Å². The SMILES string of the molecule is Cc1cccc(-c2nc(C(=O)O)cc(-c3ccc(Cl)cc3)n2)c1. The van der Waals surface area contributed by atoms with Gasteiger partial charge in [-0.25, -0.2) is 14.8 Å². The smallest absolute Gasteiger partial charge is 0.354 e. The Morgan fingerprint density at radius 1 is 1.00 bits per heavy atom. The highest BCUT2D eigenvalue weighted by atomic mass is 35.5. The number of hydrogen-bond acceptors (Lipinski definition) is 3. The molecule has 0 radical (unpaired) electrons. The van der Waals surface area contributed by atoms with Gasteiger partial charge in [0, 0.05) is 16.1 Å². The first kappa shape index (κ1) is 15.2. The Balaban J connectivity index is 2.17. The van der Waals surface area contributed by atoms with Crippen molar-refractivity contribution >= 4 is 17.6 Å². The number of rotatable bonds is 3. The van der Waals surface area contributed by atoms with E-state index < -0.39 is 5.97 Å². The van der Waals surface area contributed by atoms with Gasteiger partial charge in [-0.05, 0) is 31.2 Å². The normalized spacial score (nSPS) is 10.5. The number of carboxylic acids is 1. The summed E-state index contributed by atoms with van der Waals surface area (Å²) in [7, 11) is 0. The maximum atomic E-state index is 11.4. The number of halogens is 1. The van der Waals surface area contributed by atoms with E-state index in [2.05, 4.69) is 9.97 Å². The summed E-state index contributed by atoms with van der Waals surface area (Å²) in [6.07, 6.45) is 0. The first-order valence-corrected chi connectivity index (χ1v) is 7.36. The third kappa shape index (κ3) is 3.38. The molecule has 5 heteroatoms. The molecule has 0 saturated carbocycles. The summed E-state index contributed by atoms with van der Waals surface area (Å²) in [5.41, 5.74) is 3.13. The molecule has 0 fully saturated rings. The van der Waals surface area contributed by atoms with Crippen LogP contribution in [-0.2, 0) is 0 Å². The van der Waals surface area contributed by atoms with E-state index in [0.717, 1.165) is 16.7 Å². The second-order valence-corrected chi connectivity index (χ2v) is 5.58. The Morgan fingerprint density at radius 3 is 2.39 bits per heavy atom. The van der Waals surface area contributed by atoms with Gasteiger partial charge in [0.1, 0.15) is 0 Å². The third-order valence-corrected chi connectivity index (χ3v) is 3.61. The number of carbonyl (C=O) groups is 1. The molecule has 0 aliphatic heterocycles. The van der Waals surface area contributed by atoms with Crippen LogP contribution in [0.3, 0.4) is 0 Å². The Hall–Kier alpha value is -2.72. The van der Waals surface area contributed by atoms with E-state index in [-0.39, 0.29) is 5.69 Å². The predicted molar refractivity (Wildman–Crippen MR) is 89.6 cm³/mol. The van der Waals surface area contributed by atoms with Crippen molar-refractivity contribution < 1.29 is 9.90 Å². The molecule has 0 amide bonds. The number of aromatic carboxylic acids is 1. The Labute approximate surface area is 138 Å². The van der Waals surface area contributed by atoms with Gasteiger partial charge < -0.3 is 5.11 Å². The van der Waals surface area contributed by atoms with E-state index in [1.54, 1.807) is 24.3 Å². The lowest BCUT2D eigenvalue weighted by molar-refractivity contribution is 0.0690. The van der Waals surface area contributed by atoms with Crippen molar-refractivity contribution in [3.8, 4) is 22.6 Å². The van der Waals surface area contributed by atoms with Gasteiger partial charge in [0.15, 0.2) is 11.5 Å². The lowest BCUT2D eigenvalue weighted by Gasteiger charge is -2.07. The number of aromatic nitrogens is 2. The Bertz CT molecular complexity index is 876. The van der Waals surface area contributed by atoms with Crippen LogP contribution in [0.4, 0.5) is 0 Å². The number of nitrogens with zero attached hydrogens (tertiary/aromatic N) is 2. The average Bonchev–Trinajstić information content (AvgIpc) is 2.55. The average molecular weight is 325 g/mol. The number of benzene rings is 2. The molecule has 0 saturated heterocycles. The minimum atomic E-state index is -1.09. The van der Waals surface area contributed by atoms with Crippen molar-refractivity contribution in [2.24, 2.45) is 0 Å².